The Bertz CT molecular complexity index is 490. The maximum Gasteiger partial charge on any atom is 0.316 e. The molecule has 0 atom stereocenters. The highest BCUT2D eigenvalue weighted by Crippen LogP contribution is 2.23. The lowest BCUT2D eigenvalue weighted by molar-refractivity contribution is -0.384. The van der Waals surface area contributed by atoms with Gasteiger partial charge in [0.15, 0.2) is 0 Å². The van der Waals surface area contributed by atoms with Crippen LogP contribution < -0.4 is 16.0 Å². The van der Waals surface area contributed by atoms with Gasteiger partial charge in [-0.15, -0.1) is 0 Å². The molecule has 8 nitrogen and oxygen atoms in total. The van der Waals surface area contributed by atoms with Gasteiger partial charge >= 0.3 is 6.03 Å². The minimum atomic E-state index is -0.445. The van der Waals surface area contributed by atoms with Gasteiger partial charge in [0.2, 0.25) is 0 Å². The highest BCUT2D eigenvalue weighted by atomic mass is 16.6. The predicted molar refractivity (Wildman–Crippen MR) is 78.2 cm³/mol. The van der Waals surface area contributed by atoms with E-state index in [9.17, 15) is 14.9 Å². The summed E-state index contributed by atoms with van der Waals surface area (Å²) in [7, 11) is 5.01. The van der Waals surface area contributed by atoms with Gasteiger partial charge in [0.1, 0.15) is 0 Å². The number of anilines is 2. The van der Waals surface area contributed by atoms with E-state index >= 15 is 0 Å². The van der Waals surface area contributed by atoms with Crippen LogP contribution in [0.2, 0.25) is 0 Å². The smallest absolute Gasteiger partial charge is 0.316 e. The number of carbonyl (C=O) groups excluding carboxylic acids is 1. The van der Waals surface area contributed by atoms with Crippen molar-refractivity contribution in [3.63, 3.8) is 0 Å². The minimum Gasteiger partial charge on any atom is -0.388 e. The van der Waals surface area contributed by atoms with Crippen LogP contribution in [0.4, 0.5) is 21.9 Å². The molecular formula is C12H19N5O3. The second-order valence-electron chi connectivity index (χ2n) is 4.33. The van der Waals surface area contributed by atoms with E-state index < -0.39 is 4.92 Å². The topological polar surface area (TPSA) is 99.5 Å². The fraction of sp³-hybridized carbons (Fsp3) is 0.417. The van der Waals surface area contributed by atoms with Crippen molar-refractivity contribution >= 4 is 23.1 Å². The molecule has 0 fully saturated rings. The van der Waals surface area contributed by atoms with Crippen molar-refractivity contribution in [2.24, 2.45) is 0 Å². The van der Waals surface area contributed by atoms with Gasteiger partial charge in [-0.1, -0.05) is 0 Å². The number of nitro benzene ring substituents is 1. The van der Waals surface area contributed by atoms with Gasteiger partial charge < -0.3 is 20.9 Å². The standard InChI is InChI=1S/C12H19N5O3/c1-13-9-6-10(8-11(7-9)17(19)20)14-4-5-15-12(18)16(2)3/h6-8,13-14H,4-5H2,1-3H3,(H,15,18). The number of rotatable bonds is 6. The number of nitro groups is 1. The highest BCUT2D eigenvalue weighted by molar-refractivity contribution is 5.73. The first-order valence-electron chi connectivity index (χ1n) is 6.10. The summed E-state index contributed by atoms with van der Waals surface area (Å²) in [4.78, 5) is 23.1. The number of non-ortho nitro benzene ring substituents is 1. The van der Waals surface area contributed by atoms with E-state index in [-0.39, 0.29) is 11.7 Å². The second kappa shape index (κ2) is 7.17. The summed E-state index contributed by atoms with van der Waals surface area (Å²) in [5.74, 6) is 0. The van der Waals surface area contributed by atoms with Gasteiger partial charge in [0, 0.05) is 57.7 Å². The molecule has 110 valence electrons. The minimum absolute atomic E-state index is 0.0108. The maximum absolute atomic E-state index is 11.3. The lowest BCUT2D eigenvalue weighted by Gasteiger charge is -2.13. The number of urea groups is 1. The van der Waals surface area contributed by atoms with Crippen molar-refractivity contribution in [2.45, 2.75) is 0 Å². The first-order chi connectivity index (χ1) is 9.43. The highest BCUT2D eigenvalue weighted by Gasteiger charge is 2.09. The van der Waals surface area contributed by atoms with E-state index in [4.69, 9.17) is 0 Å². The van der Waals surface area contributed by atoms with Crippen LogP contribution in [0.25, 0.3) is 0 Å². The van der Waals surface area contributed by atoms with Crippen molar-refractivity contribution in [3.8, 4) is 0 Å². The first kappa shape index (κ1) is 15.5. The fourth-order valence-electron chi connectivity index (χ4n) is 1.50. The Balaban J connectivity index is 2.57. The molecule has 0 aliphatic rings. The predicted octanol–water partition coefficient (Wildman–Crippen LogP) is 1.32. The van der Waals surface area contributed by atoms with Crippen LogP contribution in [-0.2, 0) is 0 Å². The third-order valence-corrected chi connectivity index (χ3v) is 2.55. The van der Waals surface area contributed by atoms with Crippen LogP contribution in [0.15, 0.2) is 18.2 Å². The van der Waals surface area contributed by atoms with E-state index in [1.807, 2.05) is 0 Å². The monoisotopic (exact) mass is 281 g/mol. The number of nitrogens with one attached hydrogen (secondary N) is 3. The average molecular weight is 281 g/mol. The maximum atomic E-state index is 11.3. The molecule has 0 aromatic heterocycles. The van der Waals surface area contributed by atoms with Gasteiger partial charge in [-0.2, -0.15) is 0 Å². The lowest BCUT2D eigenvalue weighted by Crippen LogP contribution is -2.37. The molecule has 3 N–H and O–H groups in total. The van der Waals surface area contributed by atoms with Crippen molar-refractivity contribution < 1.29 is 9.72 Å². The van der Waals surface area contributed by atoms with Gasteiger partial charge in [-0.3, -0.25) is 10.1 Å². The normalized spacial score (nSPS) is 9.75. The molecule has 0 heterocycles. The number of hydrogen-bond acceptors (Lipinski definition) is 5. The SMILES string of the molecule is CNc1cc(NCCNC(=O)N(C)C)cc([N+](=O)[O-])c1. The van der Waals surface area contributed by atoms with Gasteiger partial charge in [0.05, 0.1) is 4.92 Å². The molecule has 1 rings (SSSR count). The molecule has 0 aliphatic heterocycles. The van der Waals surface area contributed by atoms with Gasteiger partial charge in [0.25, 0.3) is 5.69 Å². The molecule has 20 heavy (non-hydrogen) atoms. The summed E-state index contributed by atoms with van der Waals surface area (Å²) in [5, 5.41) is 19.4. The zero-order valence-corrected chi connectivity index (χ0v) is 11.8. The van der Waals surface area contributed by atoms with Crippen molar-refractivity contribution in [3.05, 3.63) is 28.3 Å². The molecule has 0 saturated carbocycles. The fourth-order valence-corrected chi connectivity index (χ4v) is 1.50. The van der Waals surface area contributed by atoms with Crippen LogP contribution in [-0.4, -0.2) is 50.1 Å². The molecular weight excluding hydrogens is 262 g/mol. The van der Waals surface area contributed by atoms with Crippen LogP contribution in [0, 0.1) is 10.1 Å². The third-order valence-electron chi connectivity index (χ3n) is 2.55. The summed E-state index contributed by atoms with van der Waals surface area (Å²) in [6, 6.07) is 4.50. The molecule has 0 radical (unpaired) electrons. The van der Waals surface area contributed by atoms with Gasteiger partial charge in [-0.05, 0) is 6.07 Å². The van der Waals surface area contributed by atoms with Crippen LogP contribution in [0.1, 0.15) is 0 Å². The van der Waals surface area contributed by atoms with E-state index in [0.29, 0.717) is 24.5 Å². The number of carbonyl (C=O) groups is 1. The number of amides is 2. The van der Waals surface area contributed by atoms with Crippen LogP contribution >= 0.6 is 0 Å². The Morgan fingerprint density at radius 3 is 2.45 bits per heavy atom. The Kier molecular flexibility index (Phi) is 5.57. The summed E-state index contributed by atoms with van der Waals surface area (Å²) < 4.78 is 0. The number of nitrogens with zero attached hydrogens (tertiary/aromatic N) is 2. The van der Waals surface area contributed by atoms with Crippen molar-refractivity contribution in [2.75, 3.05) is 44.9 Å². The number of benzene rings is 1. The van der Waals surface area contributed by atoms with Crippen molar-refractivity contribution in [1.82, 2.24) is 10.2 Å². The molecule has 2 amide bonds. The zero-order valence-electron chi connectivity index (χ0n) is 11.8. The Morgan fingerprint density at radius 2 is 1.90 bits per heavy atom. The van der Waals surface area contributed by atoms with Crippen molar-refractivity contribution in [1.29, 1.82) is 0 Å². The molecule has 1 aromatic carbocycles. The van der Waals surface area contributed by atoms with Crippen LogP contribution in [0.5, 0.6) is 0 Å². The zero-order chi connectivity index (χ0) is 15.1. The summed E-state index contributed by atoms with van der Waals surface area (Å²) in [6.07, 6.45) is 0. The first-order valence-corrected chi connectivity index (χ1v) is 6.10. The molecule has 0 bridgehead atoms. The molecule has 0 unspecified atom stereocenters. The molecule has 8 heteroatoms. The summed E-state index contributed by atoms with van der Waals surface area (Å²) in [6.45, 7) is 0.901. The largest absolute Gasteiger partial charge is 0.388 e. The average Bonchev–Trinajstić information content (AvgIpc) is 2.42. The second-order valence-corrected chi connectivity index (χ2v) is 4.33. The molecule has 0 spiro atoms. The molecule has 0 saturated heterocycles. The third kappa shape index (κ3) is 4.63. The molecule has 1 aromatic rings. The Morgan fingerprint density at radius 1 is 1.25 bits per heavy atom. The quantitative estimate of drug-likeness (QED) is 0.415. The number of hydrogen-bond donors (Lipinski definition) is 3. The van der Waals surface area contributed by atoms with E-state index in [2.05, 4.69) is 16.0 Å². The lowest BCUT2D eigenvalue weighted by atomic mass is 10.2. The van der Waals surface area contributed by atoms with E-state index in [1.54, 1.807) is 27.2 Å². The van der Waals surface area contributed by atoms with E-state index in [0.717, 1.165) is 0 Å². The Hall–Kier alpha value is -2.51. The van der Waals surface area contributed by atoms with Gasteiger partial charge in [-0.25, -0.2) is 4.79 Å². The molecule has 0 aliphatic carbocycles. The van der Waals surface area contributed by atoms with Crippen LogP contribution in [0.3, 0.4) is 0 Å². The van der Waals surface area contributed by atoms with E-state index in [1.165, 1.54) is 17.0 Å². The Labute approximate surface area is 117 Å². The summed E-state index contributed by atoms with van der Waals surface area (Å²) in [5.41, 5.74) is 1.29. The summed E-state index contributed by atoms with van der Waals surface area (Å²) >= 11 is 0.